The largest absolute Gasteiger partial charge is 0.464 e. The molecule has 0 saturated heterocycles. The third-order valence-electron chi connectivity index (χ3n) is 2.61. The molecule has 0 aromatic carbocycles. The number of nitro groups is 1. The maximum atomic E-state index is 12.0. The van der Waals surface area contributed by atoms with E-state index >= 15 is 0 Å². The Balaban J connectivity index is 2.30. The van der Waals surface area contributed by atoms with E-state index in [9.17, 15) is 19.7 Å². The lowest BCUT2D eigenvalue weighted by Gasteiger charge is -2.05. The third kappa shape index (κ3) is 2.56. The van der Waals surface area contributed by atoms with Gasteiger partial charge in [0.05, 0.1) is 23.9 Å². The van der Waals surface area contributed by atoms with Gasteiger partial charge in [-0.25, -0.2) is 4.79 Å². The predicted molar refractivity (Wildman–Crippen MR) is 67.7 cm³/mol. The van der Waals surface area contributed by atoms with Crippen molar-refractivity contribution < 1.29 is 19.2 Å². The first-order valence-electron chi connectivity index (χ1n) is 5.55. The molecule has 0 atom stereocenters. The number of carbonyl (C=O) groups excluding carboxylic acids is 2. The quantitative estimate of drug-likeness (QED) is 0.461. The molecule has 0 fully saturated rings. The minimum atomic E-state index is -0.822. The van der Waals surface area contributed by atoms with Crippen LogP contribution in [0.25, 0.3) is 0 Å². The van der Waals surface area contributed by atoms with Gasteiger partial charge in [-0.05, 0) is 0 Å². The highest BCUT2D eigenvalue weighted by Crippen LogP contribution is 2.19. The Morgan fingerprint density at radius 1 is 1.48 bits per heavy atom. The number of aromatic amines is 1. The first-order valence-corrected chi connectivity index (χ1v) is 5.55. The number of esters is 1. The predicted octanol–water partition coefficient (Wildman–Crippen LogP) is 0.0903. The van der Waals surface area contributed by atoms with Crippen molar-refractivity contribution in [1.82, 2.24) is 20.0 Å². The van der Waals surface area contributed by atoms with Crippen molar-refractivity contribution in [3.8, 4) is 0 Å². The number of nitrogens with one attached hydrogen (secondary N) is 2. The Kier molecular flexibility index (Phi) is 3.65. The fourth-order valence-corrected chi connectivity index (χ4v) is 1.64. The second kappa shape index (κ2) is 5.40. The Bertz CT molecular complexity index is 717. The number of aromatic nitrogens is 4. The summed E-state index contributed by atoms with van der Waals surface area (Å²) in [5.74, 6) is -1.53. The normalized spacial score (nSPS) is 10.2. The van der Waals surface area contributed by atoms with Crippen molar-refractivity contribution in [3.63, 3.8) is 0 Å². The average Bonchev–Trinajstić information content (AvgIpc) is 3.05. The zero-order valence-electron chi connectivity index (χ0n) is 11.0. The molecule has 0 aliphatic heterocycles. The van der Waals surface area contributed by atoms with Gasteiger partial charge in [0.2, 0.25) is 5.69 Å². The van der Waals surface area contributed by atoms with Crippen LogP contribution in [-0.2, 0) is 11.8 Å². The summed E-state index contributed by atoms with van der Waals surface area (Å²) in [6.45, 7) is 0. The highest BCUT2D eigenvalue weighted by Gasteiger charge is 2.25. The molecule has 110 valence electrons. The summed E-state index contributed by atoms with van der Waals surface area (Å²) in [6.07, 6.45) is 2.14. The molecule has 21 heavy (non-hydrogen) atoms. The van der Waals surface area contributed by atoms with Crippen molar-refractivity contribution in [2.24, 2.45) is 7.05 Å². The van der Waals surface area contributed by atoms with Gasteiger partial charge in [0.1, 0.15) is 6.20 Å². The molecular formula is C10H10N6O5. The summed E-state index contributed by atoms with van der Waals surface area (Å²) in [7, 11) is 2.67. The van der Waals surface area contributed by atoms with E-state index in [-0.39, 0.29) is 17.1 Å². The van der Waals surface area contributed by atoms with Gasteiger partial charge in [0.15, 0.2) is 5.69 Å². The van der Waals surface area contributed by atoms with E-state index in [1.165, 1.54) is 25.0 Å². The minimum Gasteiger partial charge on any atom is -0.464 e. The summed E-state index contributed by atoms with van der Waals surface area (Å²) in [4.78, 5) is 33.6. The molecule has 0 unspecified atom stereocenters. The molecule has 0 bridgehead atoms. The number of rotatable bonds is 4. The molecule has 11 nitrogen and oxygen atoms in total. The standard InChI is InChI=1S/C10H10N6O5/c1-15-8(10(18)21-2)5(3-12-15)13-9(17)7-6(16(19)20)4-11-14-7/h3-4H,1-2H3,(H,11,14)(H,13,17). The smallest absolute Gasteiger partial charge is 0.358 e. The second-order valence-corrected chi connectivity index (χ2v) is 3.86. The summed E-state index contributed by atoms with van der Waals surface area (Å²) in [5.41, 5.74) is -0.734. The molecular weight excluding hydrogens is 284 g/mol. The van der Waals surface area contributed by atoms with Crippen molar-refractivity contribution in [2.75, 3.05) is 12.4 Å². The van der Waals surface area contributed by atoms with Gasteiger partial charge in [-0.15, -0.1) is 0 Å². The molecule has 2 N–H and O–H groups in total. The molecule has 0 radical (unpaired) electrons. The van der Waals surface area contributed by atoms with Crippen LogP contribution in [-0.4, -0.2) is 43.9 Å². The number of aryl methyl sites for hydroxylation is 1. The number of ether oxygens (including phenoxy) is 1. The van der Waals surface area contributed by atoms with Gasteiger partial charge in [0, 0.05) is 7.05 Å². The lowest BCUT2D eigenvalue weighted by Crippen LogP contribution is -2.17. The third-order valence-corrected chi connectivity index (χ3v) is 2.61. The van der Waals surface area contributed by atoms with Gasteiger partial charge >= 0.3 is 11.7 Å². The molecule has 1 amide bonds. The van der Waals surface area contributed by atoms with Crippen LogP contribution in [0.2, 0.25) is 0 Å². The zero-order valence-corrected chi connectivity index (χ0v) is 11.0. The summed E-state index contributed by atoms with van der Waals surface area (Å²) < 4.78 is 5.78. The fourth-order valence-electron chi connectivity index (χ4n) is 1.64. The van der Waals surface area contributed by atoms with E-state index in [0.29, 0.717) is 0 Å². The van der Waals surface area contributed by atoms with Crippen molar-refractivity contribution in [3.05, 3.63) is 33.9 Å². The van der Waals surface area contributed by atoms with Crippen LogP contribution in [0.3, 0.4) is 0 Å². The van der Waals surface area contributed by atoms with Crippen LogP contribution >= 0.6 is 0 Å². The first-order chi connectivity index (χ1) is 9.95. The average molecular weight is 294 g/mol. The van der Waals surface area contributed by atoms with Gasteiger partial charge in [-0.3, -0.25) is 24.7 Å². The maximum Gasteiger partial charge on any atom is 0.358 e. The molecule has 11 heteroatoms. The van der Waals surface area contributed by atoms with Crippen LogP contribution in [0.15, 0.2) is 12.4 Å². The summed E-state index contributed by atoms with van der Waals surface area (Å²) in [6, 6.07) is 0. The minimum absolute atomic E-state index is 0.00742. The first kappa shape index (κ1) is 14.2. The number of H-pyrrole nitrogens is 1. The molecule has 0 aliphatic carbocycles. The second-order valence-electron chi connectivity index (χ2n) is 3.86. The highest BCUT2D eigenvalue weighted by atomic mass is 16.6. The molecule has 0 saturated carbocycles. The molecule has 2 aromatic rings. The zero-order chi connectivity index (χ0) is 15.6. The number of hydrogen-bond acceptors (Lipinski definition) is 7. The van der Waals surface area contributed by atoms with Crippen LogP contribution < -0.4 is 5.32 Å². The number of nitrogens with zero attached hydrogens (tertiary/aromatic N) is 4. The van der Waals surface area contributed by atoms with E-state index in [2.05, 4.69) is 25.3 Å². The van der Waals surface area contributed by atoms with E-state index in [4.69, 9.17) is 0 Å². The van der Waals surface area contributed by atoms with Gasteiger partial charge < -0.3 is 10.1 Å². The van der Waals surface area contributed by atoms with Crippen LogP contribution in [0.4, 0.5) is 11.4 Å². The molecule has 0 aliphatic rings. The summed E-state index contributed by atoms with van der Waals surface area (Å²) >= 11 is 0. The molecule has 2 rings (SSSR count). The van der Waals surface area contributed by atoms with E-state index in [1.807, 2.05) is 0 Å². The number of hydrogen-bond donors (Lipinski definition) is 2. The van der Waals surface area contributed by atoms with Gasteiger partial charge in [0.25, 0.3) is 5.91 Å². The molecule has 2 heterocycles. The molecule has 2 aromatic heterocycles. The lowest BCUT2D eigenvalue weighted by atomic mass is 10.3. The monoisotopic (exact) mass is 294 g/mol. The number of amides is 1. The van der Waals surface area contributed by atoms with Crippen molar-refractivity contribution >= 4 is 23.3 Å². The number of methoxy groups -OCH3 is 1. The number of carbonyl (C=O) groups is 2. The highest BCUT2D eigenvalue weighted by molar-refractivity contribution is 6.08. The Labute approximate surface area is 117 Å². The van der Waals surface area contributed by atoms with E-state index < -0.39 is 22.5 Å². The Hall–Kier alpha value is -3.24. The van der Waals surface area contributed by atoms with Gasteiger partial charge in [-0.1, -0.05) is 0 Å². The Morgan fingerprint density at radius 2 is 2.19 bits per heavy atom. The van der Waals surface area contributed by atoms with Crippen molar-refractivity contribution in [1.29, 1.82) is 0 Å². The SMILES string of the molecule is COC(=O)c1c(NC(=O)c2[nH]ncc2[N+](=O)[O-])cnn1C. The summed E-state index contributed by atoms with van der Waals surface area (Å²) in [5, 5.41) is 22.6. The van der Waals surface area contributed by atoms with E-state index in [0.717, 1.165) is 6.20 Å². The Morgan fingerprint density at radius 3 is 2.81 bits per heavy atom. The van der Waals surface area contributed by atoms with E-state index in [1.54, 1.807) is 0 Å². The topological polar surface area (TPSA) is 145 Å². The fraction of sp³-hybridized carbons (Fsp3) is 0.200. The van der Waals surface area contributed by atoms with Crippen LogP contribution in [0.1, 0.15) is 21.0 Å². The van der Waals surface area contributed by atoms with Crippen LogP contribution in [0.5, 0.6) is 0 Å². The maximum absolute atomic E-state index is 12.0. The van der Waals surface area contributed by atoms with Crippen molar-refractivity contribution in [2.45, 2.75) is 0 Å². The molecule has 0 spiro atoms. The van der Waals surface area contributed by atoms with Gasteiger partial charge in [-0.2, -0.15) is 10.2 Å². The lowest BCUT2D eigenvalue weighted by molar-refractivity contribution is -0.385. The van der Waals surface area contributed by atoms with Crippen LogP contribution in [0, 0.1) is 10.1 Å². The number of anilines is 1.